The maximum absolute atomic E-state index is 12.8. The summed E-state index contributed by atoms with van der Waals surface area (Å²) in [7, 11) is -3.46. The van der Waals surface area contributed by atoms with E-state index in [2.05, 4.69) is 0 Å². The zero-order valence-electron chi connectivity index (χ0n) is 14.3. The quantitative estimate of drug-likeness (QED) is 0.842. The maximum Gasteiger partial charge on any atom is 0.243 e. The predicted octanol–water partition coefficient (Wildman–Crippen LogP) is 2.59. The number of amides is 1. The number of benzene rings is 1. The van der Waals surface area contributed by atoms with Gasteiger partial charge in [-0.1, -0.05) is 31.4 Å². The highest BCUT2D eigenvalue weighted by atomic mass is 32.2. The van der Waals surface area contributed by atoms with Crippen LogP contribution in [0, 0.1) is 0 Å². The van der Waals surface area contributed by atoms with Crippen LogP contribution in [0.1, 0.15) is 50.5 Å². The van der Waals surface area contributed by atoms with Crippen molar-refractivity contribution in [3.63, 3.8) is 0 Å². The predicted molar refractivity (Wildman–Crippen MR) is 93.3 cm³/mol. The topological polar surface area (TPSA) is 57.7 Å². The van der Waals surface area contributed by atoms with E-state index >= 15 is 0 Å². The monoisotopic (exact) mass is 350 g/mol. The lowest BCUT2D eigenvalue weighted by Crippen LogP contribution is -2.49. The van der Waals surface area contributed by atoms with Gasteiger partial charge in [0.1, 0.15) is 0 Å². The molecule has 1 aromatic rings. The van der Waals surface area contributed by atoms with Gasteiger partial charge in [0.05, 0.1) is 4.90 Å². The van der Waals surface area contributed by atoms with Gasteiger partial charge in [-0.05, 0) is 36.5 Å². The summed E-state index contributed by atoms with van der Waals surface area (Å²) in [5.41, 5.74) is 1.26. The molecule has 1 aliphatic heterocycles. The van der Waals surface area contributed by atoms with Gasteiger partial charge in [0.25, 0.3) is 0 Å². The third-order valence-electron chi connectivity index (χ3n) is 5.28. The molecule has 132 valence electrons. The third kappa shape index (κ3) is 3.64. The van der Waals surface area contributed by atoms with Crippen LogP contribution in [0.3, 0.4) is 0 Å². The molecule has 2 fully saturated rings. The van der Waals surface area contributed by atoms with Crippen molar-refractivity contribution in [1.29, 1.82) is 0 Å². The number of hydrogen-bond donors (Lipinski definition) is 0. The van der Waals surface area contributed by atoms with E-state index < -0.39 is 10.0 Å². The van der Waals surface area contributed by atoms with E-state index in [0.29, 0.717) is 37.0 Å². The molecule has 6 heteroatoms. The van der Waals surface area contributed by atoms with E-state index in [9.17, 15) is 13.2 Å². The first-order chi connectivity index (χ1) is 11.5. The lowest BCUT2D eigenvalue weighted by molar-refractivity contribution is -0.129. The number of sulfonamides is 1. The fourth-order valence-corrected chi connectivity index (χ4v) is 5.16. The van der Waals surface area contributed by atoms with Gasteiger partial charge in [-0.2, -0.15) is 4.31 Å². The standard InChI is InChI=1S/C18H26N2O3S/c1-15(21)19-11-13-20(14-12-19)24(22,23)18-9-7-17(8-10-18)16-5-3-2-4-6-16/h7-10,16H,2-6,11-14H2,1H3. The SMILES string of the molecule is CC(=O)N1CCN(S(=O)(=O)c2ccc(C3CCCCC3)cc2)CC1. The van der Waals surface area contributed by atoms with Crippen molar-refractivity contribution in [3.8, 4) is 0 Å². The van der Waals surface area contributed by atoms with Gasteiger partial charge in [0, 0.05) is 33.1 Å². The van der Waals surface area contributed by atoms with Crippen LogP contribution in [-0.2, 0) is 14.8 Å². The van der Waals surface area contributed by atoms with Gasteiger partial charge < -0.3 is 4.90 Å². The lowest BCUT2D eigenvalue weighted by Gasteiger charge is -2.33. The second-order valence-electron chi connectivity index (χ2n) is 6.81. The van der Waals surface area contributed by atoms with E-state index in [4.69, 9.17) is 0 Å². The van der Waals surface area contributed by atoms with Crippen molar-refractivity contribution < 1.29 is 13.2 Å². The number of nitrogens with zero attached hydrogens (tertiary/aromatic N) is 2. The molecule has 1 heterocycles. The maximum atomic E-state index is 12.8. The van der Waals surface area contributed by atoms with Crippen LogP contribution in [0.25, 0.3) is 0 Å². The Hall–Kier alpha value is -1.40. The average molecular weight is 350 g/mol. The Balaban J connectivity index is 1.69. The first kappa shape index (κ1) is 17.4. The van der Waals surface area contributed by atoms with Crippen LogP contribution >= 0.6 is 0 Å². The summed E-state index contributed by atoms with van der Waals surface area (Å²) in [6.07, 6.45) is 6.27. The van der Waals surface area contributed by atoms with Gasteiger partial charge in [-0.3, -0.25) is 4.79 Å². The van der Waals surface area contributed by atoms with Gasteiger partial charge in [-0.25, -0.2) is 8.42 Å². The Bertz CT molecular complexity index is 671. The lowest BCUT2D eigenvalue weighted by atomic mass is 9.84. The second-order valence-corrected chi connectivity index (χ2v) is 8.75. The molecule has 1 amide bonds. The Morgan fingerprint density at radius 1 is 0.958 bits per heavy atom. The fraction of sp³-hybridized carbons (Fsp3) is 0.611. The molecule has 0 bridgehead atoms. The molecule has 0 radical (unpaired) electrons. The van der Waals surface area contributed by atoms with Crippen molar-refractivity contribution >= 4 is 15.9 Å². The summed E-state index contributed by atoms with van der Waals surface area (Å²) in [6.45, 7) is 3.19. The van der Waals surface area contributed by atoms with Crippen molar-refractivity contribution in [1.82, 2.24) is 9.21 Å². The number of carbonyl (C=O) groups excluding carboxylic acids is 1. The average Bonchev–Trinajstić information content (AvgIpc) is 2.62. The molecule has 1 aliphatic carbocycles. The molecule has 1 saturated heterocycles. The van der Waals surface area contributed by atoms with Crippen molar-refractivity contribution in [2.24, 2.45) is 0 Å². The molecule has 3 rings (SSSR count). The van der Waals surface area contributed by atoms with Crippen molar-refractivity contribution in [2.45, 2.75) is 49.8 Å². The number of rotatable bonds is 3. The number of hydrogen-bond acceptors (Lipinski definition) is 3. The van der Waals surface area contributed by atoms with Crippen LogP contribution in [0.5, 0.6) is 0 Å². The van der Waals surface area contributed by atoms with Crippen LogP contribution in [0.15, 0.2) is 29.2 Å². The van der Waals surface area contributed by atoms with Gasteiger partial charge in [0.15, 0.2) is 0 Å². The molecule has 0 unspecified atom stereocenters. The molecular formula is C18H26N2O3S. The van der Waals surface area contributed by atoms with E-state index in [0.717, 1.165) is 0 Å². The Kier molecular flexibility index (Phi) is 5.25. The summed E-state index contributed by atoms with van der Waals surface area (Å²) in [6, 6.07) is 7.45. The molecule has 0 N–H and O–H groups in total. The minimum atomic E-state index is -3.46. The summed E-state index contributed by atoms with van der Waals surface area (Å²) in [5.74, 6) is 0.582. The Labute approximate surface area is 144 Å². The first-order valence-corrected chi connectivity index (χ1v) is 10.3. The largest absolute Gasteiger partial charge is 0.340 e. The number of carbonyl (C=O) groups is 1. The van der Waals surface area contributed by atoms with Crippen LogP contribution < -0.4 is 0 Å². The van der Waals surface area contributed by atoms with Crippen molar-refractivity contribution in [2.75, 3.05) is 26.2 Å². The molecule has 2 aliphatic rings. The van der Waals surface area contributed by atoms with Crippen molar-refractivity contribution in [3.05, 3.63) is 29.8 Å². The molecule has 5 nitrogen and oxygen atoms in total. The molecular weight excluding hydrogens is 324 g/mol. The zero-order chi connectivity index (χ0) is 17.2. The van der Waals surface area contributed by atoms with Crippen LogP contribution in [0.4, 0.5) is 0 Å². The third-order valence-corrected chi connectivity index (χ3v) is 7.19. The highest BCUT2D eigenvalue weighted by Gasteiger charge is 2.29. The first-order valence-electron chi connectivity index (χ1n) is 8.84. The molecule has 0 atom stereocenters. The van der Waals surface area contributed by atoms with E-state index in [1.165, 1.54) is 48.9 Å². The number of piperazine rings is 1. The van der Waals surface area contributed by atoms with Gasteiger partial charge >= 0.3 is 0 Å². The molecule has 0 aromatic heterocycles. The molecule has 1 aromatic carbocycles. The van der Waals surface area contributed by atoms with E-state index in [1.807, 2.05) is 12.1 Å². The van der Waals surface area contributed by atoms with Crippen LogP contribution in [-0.4, -0.2) is 49.7 Å². The summed E-state index contributed by atoms with van der Waals surface area (Å²) in [4.78, 5) is 13.4. The van der Waals surface area contributed by atoms with Gasteiger partial charge in [0.2, 0.25) is 15.9 Å². The zero-order valence-corrected chi connectivity index (χ0v) is 15.1. The summed E-state index contributed by atoms with van der Waals surface area (Å²) in [5, 5.41) is 0. The second kappa shape index (κ2) is 7.23. The highest BCUT2D eigenvalue weighted by Crippen LogP contribution is 2.33. The van der Waals surface area contributed by atoms with Gasteiger partial charge in [-0.15, -0.1) is 0 Å². The van der Waals surface area contributed by atoms with E-state index in [-0.39, 0.29) is 5.91 Å². The molecule has 24 heavy (non-hydrogen) atoms. The normalized spacial score (nSPS) is 21.0. The van der Waals surface area contributed by atoms with Crippen LogP contribution in [0.2, 0.25) is 0 Å². The Morgan fingerprint density at radius 3 is 2.08 bits per heavy atom. The van der Waals surface area contributed by atoms with E-state index in [1.54, 1.807) is 17.0 Å². The highest BCUT2D eigenvalue weighted by molar-refractivity contribution is 7.89. The summed E-state index contributed by atoms with van der Waals surface area (Å²) < 4.78 is 27.0. The Morgan fingerprint density at radius 2 is 1.54 bits per heavy atom. The fourth-order valence-electron chi connectivity index (χ4n) is 3.74. The summed E-state index contributed by atoms with van der Waals surface area (Å²) >= 11 is 0. The molecule has 0 spiro atoms. The minimum absolute atomic E-state index is 0.00360. The smallest absolute Gasteiger partial charge is 0.243 e. The minimum Gasteiger partial charge on any atom is -0.340 e. The molecule has 1 saturated carbocycles.